The number of allylic oxidation sites excluding steroid dienone is 3. The maximum absolute atomic E-state index is 3.50. The largest absolute Gasteiger partial charge is 0.222 e. The fraction of sp³-hybridized carbons (Fsp3) is 0.429. The average molecular weight is 95.2 g/mol. The van der Waals surface area contributed by atoms with Crippen LogP contribution >= 0.6 is 0 Å². The van der Waals surface area contributed by atoms with Gasteiger partial charge >= 0.3 is 0 Å². The average Bonchev–Trinajstić information content (AvgIpc) is 1.68. The van der Waals surface area contributed by atoms with Crippen molar-refractivity contribution in [2.45, 2.75) is 13.8 Å². The first-order valence-electron chi connectivity index (χ1n) is 2.46. The van der Waals surface area contributed by atoms with E-state index in [1.54, 1.807) is 0 Å². The van der Waals surface area contributed by atoms with Crippen LogP contribution in [0.3, 0.4) is 0 Å². The minimum absolute atomic E-state index is 0.407. The van der Waals surface area contributed by atoms with E-state index in [-0.39, 0.29) is 0 Å². The maximum atomic E-state index is 3.50. The van der Waals surface area contributed by atoms with Crippen LogP contribution in [0.1, 0.15) is 13.8 Å². The first-order valence-corrected chi connectivity index (χ1v) is 2.46. The van der Waals surface area contributed by atoms with Crippen LogP contribution in [0, 0.1) is 12.0 Å². The highest BCUT2D eigenvalue weighted by Gasteiger charge is 1.97. The molecule has 0 aliphatic carbocycles. The molecular formula is C7H11+. The van der Waals surface area contributed by atoms with Crippen LogP contribution in [0.2, 0.25) is 0 Å². The van der Waals surface area contributed by atoms with E-state index in [0.29, 0.717) is 5.92 Å². The molecule has 1 atom stereocenters. The van der Waals surface area contributed by atoms with E-state index in [9.17, 15) is 0 Å². The van der Waals surface area contributed by atoms with Gasteiger partial charge in [-0.1, -0.05) is 6.08 Å². The molecule has 0 aromatic rings. The molecule has 0 rings (SSSR count). The Labute approximate surface area is 45.5 Å². The minimum atomic E-state index is 0.407. The van der Waals surface area contributed by atoms with Crippen LogP contribution in [0.25, 0.3) is 0 Å². The van der Waals surface area contributed by atoms with Crippen molar-refractivity contribution in [1.82, 2.24) is 0 Å². The zero-order valence-electron chi connectivity index (χ0n) is 4.94. The Bertz CT molecular complexity index is 70.1. The second kappa shape index (κ2) is 3.58. The molecule has 0 heterocycles. The fourth-order valence-electron chi connectivity index (χ4n) is 0.357. The monoisotopic (exact) mass is 95.1 g/mol. The lowest BCUT2D eigenvalue weighted by Gasteiger charge is -1.76. The van der Waals surface area contributed by atoms with Gasteiger partial charge in [-0.15, -0.1) is 0 Å². The fourth-order valence-corrected chi connectivity index (χ4v) is 0.357. The summed E-state index contributed by atoms with van der Waals surface area (Å²) in [5.74, 6) is 0.407. The van der Waals surface area contributed by atoms with Crippen LogP contribution in [0.5, 0.6) is 0 Å². The van der Waals surface area contributed by atoms with Gasteiger partial charge in [0.15, 0.2) is 5.92 Å². The molecule has 1 unspecified atom stereocenters. The number of hydrogen-bond donors (Lipinski definition) is 0. The standard InChI is InChI=1S/C7H11/c1-4-6-7(3)5-2/h4,6-7H,2H2,1,3H3/q+1/b6-4-. The summed E-state index contributed by atoms with van der Waals surface area (Å²) in [6, 6.07) is 0. The lowest BCUT2D eigenvalue weighted by atomic mass is 10.2. The van der Waals surface area contributed by atoms with Crippen molar-refractivity contribution in [2.24, 2.45) is 5.92 Å². The lowest BCUT2D eigenvalue weighted by Crippen LogP contribution is -1.78. The second-order valence-electron chi connectivity index (χ2n) is 1.52. The molecule has 0 amide bonds. The van der Waals surface area contributed by atoms with Gasteiger partial charge in [-0.25, -0.2) is 0 Å². The summed E-state index contributed by atoms with van der Waals surface area (Å²) in [5, 5.41) is 0. The second-order valence-corrected chi connectivity index (χ2v) is 1.52. The molecule has 0 saturated heterocycles. The Kier molecular flexibility index (Phi) is 3.26. The van der Waals surface area contributed by atoms with Crippen molar-refractivity contribution in [1.29, 1.82) is 0 Å². The molecule has 0 radical (unpaired) electrons. The van der Waals surface area contributed by atoms with E-state index >= 15 is 0 Å². The number of hydrogen-bond acceptors (Lipinski definition) is 0. The lowest BCUT2D eigenvalue weighted by molar-refractivity contribution is 0.912. The molecule has 0 fully saturated rings. The van der Waals surface area contributed by atoms with Crippen LogP contribution < -0.4 is 0 Å². The van der Waals surface area contributed by atoms with Crippen molar-refractivity contribution >= 4 is 0 Å². The molecule has 0 spiro atoms. The highest BCUT2D eigenvalue weighted by molar-refractivity contribution is 4.87. The Morgan fingerprint density at radius 3 is 2.43 bits per heavy atom. The van der Waals surface area contributed by atoms with Crippen LogP contribution in [0.15, 0.2) is 18.7 Å². The SMILES string of the molecule is C=[C+]C(C)/C=C\C. The zero-order chi connectivity index (χ0) is 5.70. The summed E-state index contributed by atoms with van der Waals surface area (Å²) >= 11 is 0. The first-order chi connectivity index (χ1) is 3.31. The van der Waals surface area contributed by atoms with Crippen LogP contribution in [-0.4, -0.2) is 0 Å². The predicted octanol–water partition coefficient (Wildman–Crippen LogP) is 2.19. The molecule has 0 aliphatic heterocycles. The first kappa shape index (κ1) is 6.39. The molecular weight excluding hydrogens is 84.1 g/mol. The molecule has 0 aliphatic rings. The van der Waals surface area contributed by atoms with E-state index in [1.807, 2.05) is 26.0 Å². The third kappa shape index (κ3) is 3.21. The van der Waals surface area contributed by atoms with Gasteiger partial charge in [-0.05, 0) is 19.9 Å². The van der Waals surface area contributed by atoms with Crippen molar-refractivity contribution in [3.8, 4) is 0 Å². The van der Waals surface area contributed by atoms with Gasteiger partial charge in [0.1, 0.15) is 6.58 Å². The summed E-state index contributed by atoms with van der Waals surface area (Å²) in [7, 11) is 0. The van der Waals surface area contributed by atoms with E-state index < -0.39 is 0 Å². The molecule has 0 bridgehead atoms. The highest BCUT2D eigenvalue weighted by atomic mass is 13.9. The van der Waals surface area contributed by atoms with E-state index in [2.05, 4.69) is 12.7 Å². The van der Waals surface area contributed by atoms with Gasteiger partial charge < -0.3 is 0 Å². The van der Waals surface area contributed by atoms with Crippen molar-refractivity contribution < 1.29 is 0 Å². The summed E-state index contributed by atoms with van der Waals surface area (Å²) in [6.07, 6.45) is 6.88. The maximum Gasteiger partial charge on any atom is 0.222 e. The van der Waals surface area contributed by atoms with Gasteiger partial charge in [0.25, 0.3) is 0 Å². The normalized spacial score (nSPS) is 14.0. The smallest absolute Gasteiger partial charge is 0.0866 e. The van der Waals surface area contributed by atoms with Crippen molar-refractivity contribution in [2.75, 3.05) is 0 Å². The van der Waals surface area contributed by atoms with Crippen molar-refractivity contribution in [3.05, 3.63) is 24.8 Å². The Morgan fingerprint density at radius 2 is 2.29 bits per heavy atom. The molecule has 0 aromatic carbocycles. The van der Waals surface area contributed by atoms with Crippen molar-refractivity contribution in [3.63, 3.8) is 0 Å². The highest BCUT2D eigenvalue weighted by Crippen LogP contribution is 1.93. The third-order valence-electron chi connectivity index (χ3n) is 0.803. The number of rotatable bonds is 2. The molecule has 0 nitrogen and oxygen atoms in total. The zero-order valence-corrected chi connectivity index (χ0v) is 4.94. The summed E-state index contributed by atoms with van der Waals surface area (Å²) in [5.41, 5.74) is 0. The topological polar surface area (TPSA) is 0 Å². The Morgan fingerprint density at radius 1 is 1.71 bits per heavy atom. The molecule has 38 valence electrons. The molecule has 0 N–H and O–H groups in total. The van der Waals surface area contributed by atoms with Gasteiger partial charge in [-0.3, -0.25) is 0 Å². The van der Waals surface area contributed by atoms with E-state index in [4.69, 9.17) is 0 Å². The van der Waals surface area contributed by atoms with Crippen LogP contribution in [0.4, 0.5) is 0 Å². The molecule has 7 heavy (non-hydrogen) atoms. The predicted molar refractivity (Wildman–Crippen MR) is 32.8 cm³/mol. The van der Waals surface area contributed by atoms with Gasteiger partial charge in [0, 0.05) is 0 Å². The molecule has 0 heteroatoms. The van der Waals surface area contributed by atoms with E-state index in [0.717, 1.165) is 0 Å². The van der Waals surface area contributed by atoms with Crippen LogP contribution in [-0.2, 0) is 0 Å². The van der Waals surface area contributed by atoms with Gasteiger partial charge in [-0.2, -0.15) is 0 Å². The molecule has 0 aromatic heterocycles. The quantitative estimate of drug-likeness (QED) is 0.364. The molecule has 0 saturated carbocycles. The van der Waals surface area contributed by atoms with Gasteiger partial charge in [0.2, 0.25) is 6.08 Å². The van der Waals surface area contributed by atoms with Gasteiger partial charge in [0.05, 0.1) is 0 Å². The summed E-state index contributed by atoms with van der Waals surface area (Å²) in [6.45, 7) is 7.55. The Hall–Kier alpha value is -0.610. The third-order valence-corrected chi connectivity index (χ3v) is 0.803. The minimum Gasteiger partial charge on any atom is -0.0866 e. The Balaban J connectivity index is 3.35. The summed E-state index contributed by atoms with van der Waals surface area (Å²) < 4.78 is 0. The summed E-state index contributed by atoms with van der Waals surface area (Å²) in [4.78, 5) is 0. The van der Waals surface area contributed by atoms with E-state index in [1.165, 1.54) is 0 Å².